The predicted octanol–water partition coefficient (Wildman–Crippen LogP) is 20.0. The maximum atomic E-state index is 13.1. The Hall–Kier alpha value is -8.70. The average Bonchev–Trinajstić information content (AvgIpc) is 1.00. The van der Waals surface area contributed by atoms with E-state index in [-0.39, 0.29) is 49.5 Å². The quantitative estimate of drug-likeness (QED) is 0.0143. The highest BCUT2D eigenvalue weighted by Gasteiger charge is 2.33. The van der Waals surface area contributed by atoms with Gasteiger partial charge in [0.1, 0.15) is 57.6 Å². The number of nitrogens with one attached hydrogen (secondary N) is 1. The van der Waals surface area contributed by atoms with Crippen molar-refractivity contribution in [1.29, 1.82) is 0 Å². The third-order valence-corrected chi connectivity index (χ3v) is 19.5. The molecule has 126 heavy (non-hydrogen) atoms. The van der Waals surface area contributed by atoms with Gasteiger partial charge in [-0.3, -0.25) is 0 Å². The van der Waals surface area contributed by atoms with E-state index >= 15 is 0 Å². The fourth-order valence-electron chi connectivity index (χ4n) is 12.4. The number of nitrogens with zero attached hydrogens (tertiary/aromatic N) is 4. The third-order valence-electron chi connectivity index (χ3n) is 19.2. The van der Waals surface area contributed by atoms with Crippen molar-refractivity contribution in [2.24, 2.45) is 40.1 Å². The second-order valence-electron chi connectivity index (χ2n) is 37.8. The van der Waals surface area contributed by atoms with E-state index in [1.54, 1.807) is 13.2 Å². The molecule has 1 aliphatic heterocycles. The predicted molar refractivity (Wildman–Crippen MR) is 509 cm³/mol. The SMILES string of the molecule is CC(C)(C)c1cc(OC(F)(F)F)ccc1OCCCN.CC(C)(C)c1ccc(-c2nn[nH]n2)cc1OCCCN.CC(C)(C)c1ccc(Cl)cc1OCCCN.CC(C)(C)c1ccc(F)cc1OCCCN.CC(C)(C)c1ccc(N2CCOCC2)cc1OCCCN.COc1ccc(C(C)(C)C)c(OCCCN)c1.Cc1ccc(C(C)(C)C)c(OCCCN)c1. The Bertz CT molecular complexity index is 4200. The molecular weight excluding hydrogens is 1630 g/mol. The van der Waals surface area contributed by atoms with Crippen molar-refractivity contribution in [1.82, 2.24) is 20.6 Å². The number of rotatable bonds is 32. The molecule has 0 spiro atoms. The molecule has 8 aromatic rings. The van der Waals surface area contributed by atoms with Gasteiger partial charge in [0.05, 0.1) is 66.6 Å². The van der Waals surface area contributed by atoms with Gasteiger partial charge in [-0.1, -0.05) is 206 Å². The Kier molecular flexibility index (Phi) is 48.3. The summed E-state index contributed by atoms with van der Waals surface area (Å²) < 4.78 is 105. The second kappa shape index (κ2) is 54.6. The highest BCUT2D eigenvalue weighted by atomic mass is 35.5. The number of methoxy groups -OCH3 is 1. The molecule has 27 heteroatoms. The van der Waals surface area contributed by atoms with Crippen molar-refractivity contribution in [3.05, 3.63) is 183 Å². The minimum atomic E-state index is -4.70. The van der Waals surface area contributed by atoms with E-state index in [4.69, 9.17) is 94.4 Å². The third kappa shape index (κ3) is 42.0. The van der Waals surface area contributed by atoms with Crippen molar-refractivity contribution in [3.63, 3.8) is 0 Å². The largest absolute Gasteiger partial charge is 0.573 e. The number of nitrogens with two attached hydrogens (primary N) is 7. The number of aromatic amines is 1. The highest BCUT2D eigenvalue weighted by molar-refractivity contribution is 6.30. The first-order valence-corrected chi connectivity index (χ1v) is 44.3. The number of benzene rings is 7. The summed E-state index contributed by atoms with van der Waals surface area (Å²) in [6.45, 7) is 58.8. The fraction of sp³-hybridized carbons (Fsp3) is 0.566. The first-order chi connectivity index (χ1) is 59.0. The number of tetrazole rings is 1. The zero-order valence-electron chi connectivity index (χ0n) is 80.1. The van der Waals surface area contributed by atoms with Crippen molar-refractivity contribution in [2.75, 3.05) is 130 Å². The molecule has 0 atom stereocenters. The monoisotopic (exact) mass is 1780 g/mol. The summed E-state index contributed by atoms with van der Waals surface area (Å²) in [5, 5.41) is 14.7. The van der Waals surface area contributed by atoms with Crippen molar-refractivity contribution >= 4 is 17.3 Å². The minimum Gasteiger partial charge on any atom is -0.497 e. The first-order valence-electron chi connectivity index (χ1n) is 44.0. The number of hydrogen-bond acceptors (Lipinski definition) is 21. The summed E-state index contributed by atoms with van der Waals surface area (Å²) in [6, 6.07) is 39.6. The molecule has 0 amide bonds. The minimum absolute atomic E-state index is 0.00777. The van der Waals surface area contributed by atoms with E-state index in [1.807, 2.05) is 63.2 Å². The molecule has 1 fully saturated rings. The normalized spacial score (nSPS) is 12.4. The molecule has 7 aromatic carbocycles. The topological polar surface area (TPSA) is 332 Å². The standard InChI is InChI=1S/C17H28N2O2.C14H20F3NO2.C14H21N5O.C14H23NO2.C14H23NO.C13H20ClNO.C13H20FNO/c1-17(2,3)15-6-5-14(19-8-11-20-12-9-19)13-16(15)21-10-4-7-18;1-13(2,3)11-9-10(20-14(15,16)17)5-6-12(11)19-8-4-7-18;1-14(2,3)11-6-5-10(13-16-18-19-17-13)9-12(11)20-8-4-7-15;1-14(2,3)12-7-6-11(16-4)10-13(12)17-9-5-8-15;1-11-6-7-12(14(2,3)4)13(10-11)16-9-5-8-15;2*1-13(2,3)11-6-5-10(14)9-12(11)16-8-4-7-15/h5-6,13H,4,7-12,18H2,1-3H3;5-6,9H,4,7-8,18H2,1-3H3;5-6,9H,4,7-8,15H2,1-3H3,(H,16,17,18,19);6-7,10H,5,8-9,15H2,1-4H3;6-7,10H,5,8-9,15H2,1-4H3;2*5-6,9H,4,7-8,15H2,1-3H3. The molecule has 0 unspecified atom stereocenters. The summed E-state index contributed by atoms with van der Waals surface area (Å²) in [7, 11) is 1.66. The first kappa shape index (κ1) is 111. The molecule has 0 saturated carbocycles. The number of aromatic nitrogens is 4. The van der Waals surface area contributed by atoms with Gasteiger partial charge in [0.2, 0.25) is 5.82 Å². The van der Waals surface area contributed by atoms with Gasteiger partial charge < -0.3 is 92.4 Å². The Balaban J connectivity index is 0.000000380. The van der Waals surface area contributed by atoms with Gasteiger partial charge in [-0.15, -0.1) is 23.4 Å². The lowest BCUT2D eigenvalue weighted by Gasteiger charge is -2.30. The van der Waals surface area contributed by atoms with Gasteiger partial charge >= 0.3 is 6.36 Å². The Morgan fingerprint density at radius 1 is 0.381 bits per heavy atom. The van der Waals surface area contributed by atoms with Crippen LogP contribution in [0.2, 0.25) is 5.02 Å². The van der Waals surface area contributed by atoms with Crippen LogP contribution in [0.3, 0.4) is 0 Å². The van der Waals surface area contributed by atoms with Crippen LogP contribution in [0.5, 0.6) is 51.7 Å². The number of anilines is 1. The number of morpholine rings is 1. The number of halogens is 5. The molecule has 22 nitrogen and oxygen atoms in total. The van der Waals surface area contributed by atoms with E-state index in [0.29, 0.717) is 126 Å². The van der Waals surface area contributed by atoms with Gasteiger partial charge in [-0.2, -0.15) is 5.21 Å². The molecule has 0 aliphatic carbocycles. The fourth-order valence-corrected chi connectivity index (χ4v) is 12.6. The molecule has 9 rings (SSSR count). The lowest BCUT2D eigenvalue weighted by molar-refractivity contribution is -0.274. The van der Waals surface area contributed by atoms with Crippen molar-refractivity contribution in [3.8, 4) is 63.1 Å². The summed E-state index contributed by atoms with van der Waals surface area (Å²) in [4.78, 5) is 2.35. The zero-order chi connectivity index (χ0) is 94.7. The van der Waals surface area contributed by atoms with Gasteiger partial charge in [0.15, 0.2) is 0 Å². The van der Waals surface area contributed by atoms with E-state index < -0.39 is 6.36 Å². The van der Waals surface area contributed by atoms with E-state index in [1.165, 1.54) is 63.8 Å². The number of H-pyrrole nitrogens is 1. The van der Waals surface area contributed by atoms with Gasteiger partial charge in [0, 0.05) is 53.1 Å². The smallest absolute Gasteiger partial charge is 0.497 e. The van der Waals surface area contributed by atoms with Gasteiger partial charge in [0.25, 0.3) is 0 Å². The van der Waals surface area contributed by atoms with Gasteiger partial charge in [-0.25, -0.2) is 4.39 Å². The van der Waals surface area contributed by atoms with Crippen LogP contribution in [-0.4, -0.2) is 152 Å². The van der Waals surface area contributed by atoms with Crippen LogP contribution in [-0.2, 0) is 42.6 Å². The lowest BCUT2D eigenvalue weighted by Crippen LogP contribution is -2.36. The summed E-state index contributed by atoms with van der Waals surface area (Å²) in [5.41, 5.74) is 49.2. The number of alkyl halides is 3. The Morgan fingerprint density at radius 3 is 1.11 bits per heavy atom. The van der Waals surface area contributed by atoms with E-state index in [0.717, 1.165) is 116 Å². The maximum absolute atomic E-state index is 13.1. The van der Waals surface area contributed by atoms with Crippen molar-refractivity contribution in [2.45, 2.75) is 242 Å². The Labute approximate surface area is 756 Å². The Morgan fingerprint density at radius 2 is 0.722 bits per heavy atom. The van der Waals surface area contributed by atoms with Crippen LogP contribution in [0.4, 0.5) is 23.2 Å². The number of ether oxygens (including phenoxy) is 10. The highest BCUT2D eigenvalue weighted by Crippen LogP contribution is 2.41. The van der Waals surface area contributed by atoms with Gasteiger partial charge in [-0.05, 0) is 240 Å². The molecule has 1 aliphatic rings. The molecule has 1 aromatic heterocycles. The van der Waals surface area contributed by atoms with Crippen molar-refractivity contribution < 1.29 is 64.9 Å². The number of aryl methyl sites for hydroxylation is 1. The second-order valence-corrected chi connectivity index (χ2v) is 38.2. The van der Waals surface area contributed by atoms with E-state index in [2.05, 4.69) is 210 Å². The maximum Gasteiger partial charge on any atom is 0.573 e. The van der Waals surface area contributed by atoms with Crippen LogP contribution in [0.25, 0.3) is 11.4 Å². The summed E-state index contributed by atoms with van der Waals surface area (Å²) in [5.74, 6) is 6.66. The molecular formula is C99H155ClF4N12O10. The summed E-state index contributed by atoms with van der Waals surface area (Å²) in [6.07, 6.45) is 1.09. The van der Waals surface area contributed by atoms with E-state index in [9.17, 15) is 17.6 Å². The van der Waals surface area contributed by atoms with Crippen LogP contribution >= 0.6 is 11.6 Å². The van der Waals surface area contributed by atoms with Crippen LogP contribution in [0.1, 0.15) is 235 Å². The van der Waals surface area contributed by atoms with Crippen LogP contribution in [0.15, 0.2) is 127 Å². The average molecular weight is 1780 g/mol. The van der Waals surface area contributed by atoms with Crippen LogP contribution < -0.4 is 87.7 Å². The molecule has 0 bridgehead atoms. The van der Waals surface area contributed by atoms with Crippen LogP contribution in [0, 0.1) is 12.7 Å². The molecule has 1 saturated heterocycles. The molecule has 2 heterocycles. The lowest BCUT2D eigenvalue weighted by atomic mass is 9.85. The summed E-state index contributed by atoms with van der Waals surface area (Å²) >= 11 is 5.98. The zero-order valence-corrected chi connectivity index (χ0v) is 80.9. The number of hydrogen-bond donors (Lipinski definition) is 8. The molecule has 706 valence electrons. The molecule has 15 N–H and O–H groups in total. The molecule has 0 radical (unpaired) electrons.